The van der Waals surface area contributed by atoms with Crippen LogP contribution in [0.1, 0.15) is 24.1 Å². The number of nitrogens with zero attached hydrogens (tertiary/aromatic N) is 3. The molecule has 2 aromatic heterocycles. The van der Waals surface area contributed by atoms with E-state index in [2.05, 4.69) is 14.7 Å². The minimum atomic E-state index is -5.08. The van der Waals surface area contributed by atoms with Crippen LogP contribution in [0.25, 0.3) is 16.9 Å². The van der Waals surface area contributed by atoms with Crippen LogP contribution in [0.3, 0.4) is 0 Å². The molecule has 0 spiro atoms. The van der Waals surface area contributed by atoms with E-state index in [1.54, 1.807) is 13.0 Å². The quantitative estimate of drug-likeness (QED) is 0.323. The first-order valence-corrected chi connectivity index (χ1v) is 12.7. The number of anilines is 1. The van der Waals surface area contributed by atoms with Crippen molar-refractivity contribution in [2.75, 3.05) is 18.9 Å². The largest absolute Gasteiger partial charge is 0.490 e. The number of aryl methyl sites for hydroxylation is 1. The second kappa shape index (κ2) is 9.57. The molecule has 1 aliphatic carbocycles. The molecule has 2 bridgehead atoms. The molecule has 3 fully saturated rings. The lowest BCUT2D eigenvalue weighted by Crippen LogP contribution is -2.60. The molecule has 11 nitrogen and oxygen atoms in total. The molecule has 3 aliphatic rings. The molecule has 6 rings (SSSR count). The Hall–Kier alpha value is -3.48. The third-order valence-corrected chi connectivity index (χ3v) is 8.04. The van der Waals surface area contributed by atoms with Crippen LogP contribution < -0.4 is 10.5 Å². The molecule has 2 aliphatic heterocycles. The summed E-state index contributed by atoms with van der Waals surface area (Å²) in [6.07, 6.45) is -6.96. The highest BCUT2D eigenvalue weighted by atomic mass is 32.2. The number of halogens is 6. The van der Waals surface area contributed by atoms with E-state index in [9.17, 15) is 39.9 Å². The van der Waals surface area contributed by atoms with Gasteiger partial charge in [-0.25, -0.2) is 27.9 Å². The van der Waals surface area contributed by atoms with Gasteiger partial charge in [-0.05, 0) is 24.6 Å². The van der Waals surface area contributed by atoms with Gasteiger partial charge < -0.3 is 20.7 Å². The number of aromatic nitrogens is 3. The van der Waals surface area contributed by atoms with Crippen LogP contribution in [-0.2, 0) is 25.7 Å². The minimum Gasteiger partial charge on any atom is -0.475 e. The summed E-state index contributed by atoms with van der Waals surface area (Å²) in [5.74, 6) is -3.15. The van der Waals surface area contributed by atoms with Gasteiger partial charge in [-0.15, -0.1) is 0 Å². The van der Waals surface area contributed by atoms with E-state index in [0.29, 0.717) is 24.0 Å². The molecular formula is C22H21F6N5O6S. The zero-order valence-corrected chi connectivity index (χ0v) is 21.2. The maximum Gasteiger partial charge on any atom is 0.490 e. The highest BCUT2D eigenvalue weighted by Gasteiger charge is 2.63. The lowest BCUT2D eigenvalue weighted by Gasteiger charge is -2.43. The summed E-state index contributed by atoms with van der Waals surface area (Å²) in [5.41, 5.74) is 4.30. The molecule has 18 heteroatoms. The average Bonchev–Trinajstić information content (AvgIpc) is 3.50. The summed E-state index contributed by atoms with van der Waals surface area (Å²) in [6, 6.07) is 4.38. The highest BCUT2D eigenvalue weighted by molar-refractivity contribution is 7.89. The number of hydrogen-bond acceptors (Lipinski definition) is 8. The van der Waals surface area contributed by atoms with Gasteiger partial charge in [0.05, 0.1) is 41.1 Å². The summed E-state index contributed by atoms with van der Waals surface area (Å²) >= 11 is 0. The zero-order chi connectivity index (χ0) is 29.9. The van der Waals surface area contributed by atoms with Crippen LogP contribution in [0.2, 0.25) is 0 Å². The Morgan fingerprint density at radius 3 is 2.38 bits per heavy atom. The van der Waals surface area contributed by atoms with Gasteiger partial charge in [-0.2, -0.15) is 26.3 Å². The van der Waals surface area contributed by atoms with Crippen molar-refractivity contribution < 1.29 is 54.5 Å². The Bertz CT molecular complexity index is 1580. The van der Waals surface area contributed by atoms with Gasteiger partial charge in [0, 0.05) is 24.6 Å². The van der Waals surface area contributed by atoms with E-state index in [0.717, 1.165) is 10.6 Å². The molecule has 4 heterocycles. The molecule has 0 radical (unpaired) electrons. The van der Waals surface area contributed by atoms with E-state index < -0.39 is 51.0 Å². The average molecular weight is 597 g/mol. The first-order chi connectivity index (χ1) is 18.3. The molecule has 3 aromatic rings. The number of benzene rings is 1. The fourth-order valence-electron chi connectivity index (χ4n) is 4.67. The minimum absolute atomic E-state index is 0.0283. The Morgan fingerprint density at radius 2 is 1.85 bits per heavy atom. The fraction of sp³-hybridized carbons (Fsp3) is 0.409. The molecule has 0 unspecified atom stereocenters. The second-order valence-corrected chi connectivity index (χ2v) is 11.2. The first kappa shape index (κ1) is 29.5. The van der Waals surface area contributed by atoms with Gasteiger partial charge in [0.2, 0.25) is 10.0 Å². The Morgan fingerprint density at radius 1 is 1.23 bits per heavy atom. The molecule has 1 saturated carbocycles. The number of aliphatic carboxylic acids is 1. The van der Waals surface area contributed by atoms with Crippen molar-refractivity contribution >= 4 is 27.5 Å². The number of nitrogen functional groups attached to an aromatic ring is 1. The number of fused-ring (bicyclic) bond motifs is 2. The van der Waals surface area contributed by atoms with Gasteiger partial charge in [-0.3, -0.25) is 4.40 Å². The van der Waals surface area contributed by atoms with Crippen LogP contribution in [0.15, 0.2) is 35.5 Å². The van der Waals surface area contributed by atoms with E-state index in [-0.39, 0.29) is 29.5 Å². The highest BCUT2D eigenvalue weighted by Crippen LogP contribution is 2.51. The number of carboxylic acids is 1. The lowest BCUT2D eigenvalue weighted by molar-refractivity contribution is -0.192. The van der Waals surface area contributed by atoms with Crippen molar-refractivity contribution in [1.29, 1.82) is 0 Å². The van der Waals surface area contributed by atoms with Gasteiger partial charge in [0.1, 0.15) is 0 Å². The number of carbonyl (C=O) groups is 1. The van der Waals surface area contributed by atoms with Crippen molar-refractivity contribution in [3.63, 3.8) is 0 Å². The summed E-state index contributed by atoms with van der Waals surface area (Å²) in [4.78, 5) is 16.3. The van der Waals surface area contributed by atoms with Crippen LogP contribution in [0.4, 0.5) is 32.2 Å². The normalized spacial score (nSPS) is 22.5. The molecule has 218 valence electrons. The number of hydrogen-bond donors (Lipinski definition) is 4. The van der Waals surface area contributed by atoms with Gasteiger partial charge >= 0.3 is 18.3 Å². The number of ether oxygens (including phenoxy) is 1. The number of nitrogens with two attached hydrogens (primary N) is 1. The summed E-state index contributed by atoms with van der Waals surface area (Å²) in [7, 11) is -3.98. The number of sulfonamides is 1. The number of aliphatic hydroxyl groups is 1. The molecule has 2 saturated heterocycles. The Labute approximate surface area is 221 Å². The molecule has 0 amide bonds. The first-order valence-electron chi connectivity index (χ1n) is 11.2. The van der Waals surface area contributed by atoms with Gasteiger partial charge in [-0.1, -0.05) is 6.07 Å². The second-order valence-electron chi connectivity index (χ2n) is 9.50. The third kappa shape index (κ3) is 5.43. The smallest absolute Gasteiger partial charge is 0.475 e. The van der Waals surface area contributed by atoms with Crippen molar-refractivity contribution in [3.05, 3.63) is 41.9 Å². The van der Waals surface area contributed by atoms with Crippen LogP contribution in [0.5, 0.6) is 0 Å². The molecular weight excluding hydrogens is 576 g/mol. The summed E-state index contributed by atoms with van der Waals surface area (Å²) < 4.78 is 107. The van der Waals surface area contributed by atoms with Gasteiger partial charge in [0.25, 0.3) is 0 Å². The predicted molar refractivity (Wildman–Crippen MR) is 124 cm³/mol. The molecule has 5 N–H and O–H groups in total. The van der Waals surface area contributed by atoms with E-state index >= 15 is 0 Å². The number of imidazole rings is 1. The summed E-state index contributed by atoms with van der Waals surface area (Å²) in [5, 5.41) is 16.6. The molecule has 1 aromatic carbocycles. The number of rotatable bonds is 5. The number of nitrogens with one attached hydrogen (secondary N) is 1. The van der Waals surface area contributed by atoms with Crippen LogP contribution in [0, 0.1) is 6.92 Å². The number of aliphatic hydroxyl groups excluding tert-OH is 1. The predicted octanol–water partition coefficient (Wildman–Crippen LogP) is 2.51. The van der Waals surface area contributed by atoms with E-state index in [1.807, 2.05) is 0 Å². The molecule has 0 atom stereocenters. The van der Waals surface area contributed by atoms with Crippen LogP contribution >= 0.6 is 0 Å². The topological polar surface area (TPSA) is 169 Å². The fourth-order valence-corrected chi connectivity index (χ4v) is 6.08. The van der Waals surface area contributed by atoms with Gasteiger partial charge in [0.15, 0.2) is 17.2 Å². The van der Waals surface area contributed by atoms with Crippen molar-refractivity contribution in [2.24, 2.45) is 0 Å². The number of carboxylic acid groups (broad SMARTS) is 1. The zero-order valence-electron chi connectivity index (χ0n) is 20.3. The lowest BCUT2D eigenvalue weighted by atomic mass is 9.69. The van der Waals surface area contributed by atoms with E-state index in [1.165, 1.54) is 18.3 Å². The van der Waals surface area contributed by atoms with Crippen molar-refractivity contribution in [1.82, 2.24) is 19.1 Å². The van der Waals surface area contributed by atoms with E-state index in [4.69, 9.17) is 20.4 Å². The standard InChI is InChI=1S/C20H20F3N5O4S.C2HF3O2/c1-11-2-3-12(33(30,31)27-18-7-19(8-18,9-29)32-10-18)4-13(11)14-5-25-17-16(24)26-15(6-28(14)17)20(21,22)23;3-2(4,5)1(6)7/h2-6,27,29H,7-10H2,1H3,(H2,24,26);(H,6,7). The maximum atomic E-state index is 13.3. The molecule has 40 heavy (non-hydrogen) atoms. The summed E-state index contributed by atoms with van der Waals surface area (Å²) in [6.45, 7) is 1.68. The maximum absolute atomic E-state index is 13.3. The Balaban J connectivity index is 0.000000470. The third-order valence-electron chi connectivity index (χ3n) is 6.46. The van der Waals surface area contributed by atoms with Crippen LogP contribution in [-0.4, -0.2) is 69.5 Å². The number of alkyl halides is 6. The Kier molecular flexibility index (Phi) is 7.05. The van der Waals surface area contributed by atoms with Crippen molar-refractivity contribution in [3.8, 4) is 11.3 Å². The SMILES string of the molecule is Cc1ccc(S(=O)(=O)NC23COC(CO)(C2)C3)cc1-c1cnc2c(N)nc(C(F)(F)F)cn12.O=C(O)C(F)(F)F. The van der Waals surface area contributed by atoms with Crippen molar-refractivity contribution in [2.45, 2.75) is 48.2 Å². The monoisotopic (exact) mass is 597 g/mol.